The number of rotatable bonds is 2. The molecule has 60 valence electrons. The lowest BCUT2D eigenvalue weighted by atomic mass is 10.4. The molecule has 0 radical (unpaired) electrons. The molecule has 3 heteroatoms. The highest BCUT2D eigenvalue weighted by Gasteiger charge is 2.02. The van der Waals surface area contributed by atoms with Crippen LogP contribution in [0.25, 0.3) is 6.08 Å². The Labute approximate surface area is 71.0 Å². The van der Waals surface area contributed by atoms with E-state index in [2.05, 4.69) is 10.3 Å². The summed E-state index contributed by atoms with van der Waals surface area (Å²) in [5.41, 5.74) is 1.04. The molecule has 0 fully saturated rings. The zero-order valence-electron chi connectivity index (χ0n) is 7.01. The third kappa shape index (κ3) is 1.80. The van der Waals surface area contributed by atoms with Crippen LogP contribution >= 0.6 is 11.3 Å². The molecule has 0 atom stereocenters. The highest BCUT2D eigenvalue weighted by molar-refractivity contribution is 7.15. The Morgan fingerprint density at radius 1 is 1.55 bits per heavy atom. The monoisotopic (exact) mass is 168 g/mol. The number of anilines is 1. The van der Waals surface area contributed by atoms with Crippen LogP contribution in [0.3, 0.4) is 0 Å². The van der Waals surface area contributed by atoms with Gasteiger partial charge in [-0.3, -0.25) is 0 Å². The topological polar surface area (TPSA) is 24.9 Å². The number of allylic oxidation sites excluding steroid dienone is 1. The van der Waals surface area contributed by atoms with Gasteiger partial charge < -0.3 is 5.32 Å². The SMILES string of the molecule is C/C=C\c1nc(C)sc1NC. The first-order valence-electron chi connectivity index (χ1n) is 3.55. The van der Waals surface area contributed by atoms with Gasteiger partial charge in [0.2, 0.25) is 0 Å². The summed E-state index contributed by atoms with van der Waals surface area (Å²) in [6.07, 6.45) is 4.00. The second-order valence-electron chi connectivity index (χ2n) is 2.20. The minimum absolute atomic E-state index is 1.04. The number of aromatic nitrogens is 1. The third-order valence-electron chi connectivity index (χ3n) is 1.31. The molecule has 1 aromatic heterocycles. The highest BCUT2D eigenvalue weighted by atomic mass is 32.1. The highest BCUT2D eigenvalue weighted by Crippen LogP contribution is 2.24. The maximum atomic E-state index is 4.34. The van der Waals surface area contributed by atoms with Crippen LogP contribution in [0.4, 0.5) is 5.00 Å². The quantitative estimate of drug-likeness (QED) is 0.734. The van der Waals surface area contributed by atoms with E-state index in [0.29, 0.717) is 0 Å². The van der Waals surface area contributed by atoms with Crippen molar-refractivity contribution in [2.75, 3.05) is 12.4 Å². The Morgan fingerprint density at radius 2 is 2.27 bits per heavy atom. The van der Waals surface area contributed by atoms with Crippen LogP contribution in [-0.2, 0) is 0 Å². The Hall–Kier alpha value is -0.830. The number of nitrogens with zero attached hydrogens (tertiary/aromatic N) is 1. The Bertz CT molecular complexity index is 263. The Morgan fingerprint density at radius 3 is 2.82 bits per heavy atom. The van der Waals surface area contributed by atoms with Gasteiger partial charge in [0.05, 0.1) is 10.7 Å². The van der Waals surface area contributed by atoms with Crippen LogP contribution in [0.15, 0.2) is 6.08 Å². The fourth-order valence-corrected chi connectivity index (χ4v) is 1.65. The molecule has 0 aromatic carbocycles. The number of thiazole rings is 1. The van der Waals surface area contributed by atoms with E-state index in [0.717, 1.165) is 15.7 Å². The summed E-state index contributed by atoms with van der Waals surface area (Å²) in [5.74, 6) is 0. The molecule has 0 aliphatic rings. The minimum atomic E-state index is 1.04. The van der Waals surface area contributed by atoms with Crippen molar-refractivity contribution < 1.29 is 0 Å². The van der Waals surface area contributed by atoms with E-state index in [1.807, 2.05) is 33.0 Å². The molecule has 2 nitrogen and oxygen atoms in total. The second kappa shape index (κ2) is 3.53. The van der Waals surface area contributed by atoms with Gasteiger partial charge in [-0.15, -0.1) is 11.3 Å². The van der Waals surface area contributed by atoms with Crippen molar-refractivity contribution in [1.29, 1.82) is 0 Å². The van der Waals surface area contributed by atoms with Crippen molar-refractivity contribution in [2.45, 2.75) is 13.8 Å². The van der Waals surface area contributed by atoms with Gasteiger partial charge in [-0.1, -0.05) is 6.08 Å². The fourth-order valence-electron chi connectivity index (χ4n) is 0.893. The third-order valence-corrected chi connectivity index (χ3v) is 2.32. The van der Waals surface area contributed by atoms with Gasteiger partial charge in [0.25, 0.3) is 0 Å². The molecular formula is C8H12N2S. The molecule has 1 heterocycles. The van der Waals surface area contributed by atoms with Crippen molar-refractivity contribution in [3.05, 3.63) is 16.8 Å². The molecule has 0 saturated heterocycles. The minimum Gasteiger partial charge on any atom is -0.378 e. The molecule has 0 aliphatic heterocycles. The van der Waals surface area contributed by atoms with Crippen LogP contribution in [0.5, 0.6) is 0 Å². The molecule has 0 saturated carbocycles. The van der Waals surface area contributed by atoms with Gasteiger partial charge in [-0.05, 0) is 19.9 Å². The second-order valence-corrected chi connectivity index (χ2v) is 3.40. The summed E-state index contributed by atoms with van der Waals surface area (Å²) in [7, 11) is 1.92. The van der Waals surface area contributed by atoms with Crippen molar-refractivity contribution in [3.8, 4) is 0 Å². The van der Waals surface area contributed by atoms with Crippen LogP contribution < -0.4 is 5.32 Å². The summed E-state index contributed by atoms with van der Waals surface area (Å²) in [6.45, 7) is 4.01. The lowest BCUT2D eigenvalue weighted by molar-refractivity contribution is 1.27. The van der Waals surface area contributed by atoms with Gasteiger partial charge >= 0.3 is 0 Å². The fraction of sp³-hybridized carbons (Fsp3) is 0.375. The largest absolute Gasteiger partial charge is 0.378 e. The van der Waals surface area contributed by atoms with Crippen LogP contribution in [-0.4, -0.2) is 12.0 Å². The molecule has 0 aliphatic carbocycles. The van der Waals surface area contributed by atoms with Gasteiger partial charge in [-0.2, -0.15) is 0 Å². The lowest BCUT2D eigenvalue weighted by Gasteiger charge is -1.92. The molecular weight excluding hydrogens is 156 g/mol. The first-order chi connectivity index (χ1) is 5.27. The standard InChI is InChI=1S/C8H12N2S/c1-4-5-7-8(9-3)11-6(2)10-7/h4-5,9H,1-3H3/b5-4-. The average molecular weight is 168 g/mol. The first-order valence-corrected chi connectivity index (χ1v) is 4.37. The zero-order valence-corrected chi connectivity index (χ0v) is 7.83. The summed E-state index contributed by atoms with van der Waals surface area (Å²) in [5, 5.41) is 5.34. The summed E-state index contributed by atoms with van der Waals surface area (Å²) < 4.78 is 0. The van der Waals surface area contributed by atoms with Crippen molar-refractivity contribution in [3.63, 3.8) is 0 Å². The van der Waals surface area contributed by atoms with E-state index < -0.39 is 0 Å². The maximum absolute atomic E-state index is 4.34. The van der Waals surface area contributed by atoms with Gasteiger partial charge in [0.15, 0.2) is 0 Å². The Balaban J connectivity index is 3.01. The van der Waals surface area contributed by atoms with Crippen molar-refractivity contribution in [1.82, 2.24) is 4.98 Å². The molecule has 1 aromatic rings. The molecule has 11 heavy (non-hydrogen) atoms. The number of hydrogen-bond donors (Lipinski definition) is 1. The summed E-state index contributed by atoms with van der Waals surface area (Å²) in [4.78, 5) is 4.34. The summed E-state index contributed by atoms with van der Waals surface area (Å²) in [6, 6.07) is 0. The van der Waals surface area contributed by atoms with E-state index >= 15 is 0 Å². The molecule has 1 rings (SSSR count). The van der Waals surface area contributed by atoms with Crippen molar-refractivity contribution in [2.24, 2.45) is 0 Å². The van der Waals surface area contributed by atoms with E-state index in [-0.39, 0.29) is 0 Å². The van der Waals surface area contributed by atoms with E-state index in [4.69, 9.17) is 0 Å². The molecule has 0 bridgehead atoms. The number of hydrogen-bond acceptors (Lipinski definition) is 3. The van der Waals surface area contributed by atoms with E-state index in [1.54, 1.807) is 11.3 Å². The predicted molar refractivity (Wildman–Crippen MR) is 51.1 cm³/mol. The average Bonchev–Trinajstić information content (AvgIpc) is 2.32. The smallest absolute Gasteiger partial charge is 0.116 e. The van der Waals surface area contributed by atoms with E-state index in [9.17, 15) is 0 Å². The van der Waals surface area contributed by atoms with Crippen LogP contribution in [0.2, 0.25) is 0 Å². The predicted octanol–water partition coefficient (Wildman–Crippen LogP) is 2.53. The molecule has 0 spiro atoms. The van der Waals surface area contributed by atoms with Crippen molar-refractivity contribution >= 4 is 22.4 Å². The first kappa shape index (κ1) is 8.27. The zero-order chi connectivity index (χ0) is 8.27. The molecule has 1 N–H and O–H groups in total. The molecule has 0 unspecified atom stereocenters. The van der Waals surface area contributed by atoms with Gasteiger partial charge in [0.1, 0.15) is 5.00 Å². The van der Waals surface area contributed by atoms with Gasteiger partial charge in [-0.25, -0.2) is 4.98 Å². The maximum Gasteiger partial charge on any atom is 0.116 e. The molecule has 0 amide bonds. The van der Waals surface area contributed by atoms with Crippen LogP contribution in [0, 0.1) is 6.92 Å². The summed E-state index contributed by atoms with van der Waals surface area (Å²) >= 11 is 1.68. The van der Waals surface area contributed by atoms with Gasteiger partial charge in [0, 0.05) is 7.05 Å². The normalized spacial score (nSPS) is 10.8. The number of nitrogens with one attached hydrogen (secondary N) is 1. The van der Waals surface area contributed by atoms with Crippen LogP contribution in [0.1, 0.15) is 17.6 Å². The lowest BCUT2D eigenvalue weighted by Crippen LogP contribution is -1.85. The number of aryl methyl sites for hydroxylation is 1. The van der Waals surface area contributed by atoms with E-state index in [1.165, 1.54) is 0 Å². The Kier molecular flexibility index (Phi) is 2.65.